The molecule has 3 N–H and O–H groups in total. The van der Waals surface area contributed by atoms with E-state index in [4.69, 9.17) is 9.84 Å². The van der Waals surface area contributed by atoms with Crippen molar-refractivity contribution >= 4 is 29.3 Å². The molecule has 0 atom stereocenters. The highest BCUT2D eigenvalue weighted by Gasteiger charge is 2.28. The summed E-state index contributed by atoms with van der Waals surface area (Å²) in [5.74, 6) is -1.44. The lowest BCUT2D eigenvalue weighted by atomic mass is 9.98. The number of carbonyl (C=O) groups is 3. The van der Waals surface area contributed by atoms with E-state index in [0.717, 1.165) is 22.3 Å². The quantitative estimate of drug-likeness (QED) is 0.406. The minimum absolute atomic E-state index is 0.00111. The normalized spacial score (nSPS) is 12.6. The van der Waals surface area contributed by atoms with Crippen molar-refractivity contribution in [3.63, 3.8) is 0 Å². The van der Waals surface area contributed by atoms with Gasteiger partial charge in [0.25, 0.3) is 0 Å². The second kappa shape index (κ2) is 10.5. The minimum Gasteiger partial charge on any atom is -0.476 e. The number of aromatic nitrogens is 1. The van der Waals surface area contributed by atoms with Gasteiger partial charge in [0.1, 0.15) is 11.6 Å². The first-order valence-corrected chi connectivity index (χ1v) is 11.9. The second-order valence-electron chi connectivity index (χ2n) is 8.09. The number of aryl methyl sites for hydroxylation is 1. The molecule has 180 valence electrons. The fraction of sp³-hybridized carbons (Fsp3) is 0.231. The van der Waals surface area contributed by atoms with E-state index in [0.29, 0.717) is 15.5 Å². The van der Waals surface area contributed by atoms with Crippen LogP contribution in [0, 0.1) is 6.92 Å². The number of ether oxygens (including phenoxy) is 1. The molecule has 0 fully saturated rings. The summed E-state index contributed by atoms with van der Waals surface area (Å²) in [6.07, 6.45) is 1.03. The predicted molar refractivity (Wildman–Crippen MR) is 132 cm³/mol. The third-order valence-corrected chi connectivity index (χ3v) is 6.77. The average molecular weight is 492 g/mol. The van der Waals surface area contributed by atoms with Crippen LogP contribution in [0.4, 0.5) is 4.79 Å². The van der Waals surface area contributed by atoms with Gasteiger partial charge < -0.3 is 20.5 Å². The molecule has 4 rings (SSSR count). The number of carboxylic acids is 1. The Morgan fingerprint density at radius 2 is 1.69 bits per heavy atom. The number of hydrogen-bond acceptors (Lipinski definition) is 6. The lowest BCUT2D eigenvalue weighted by Gasteiger charge is -2.14. The van der Waals surface area contributed by atoms with E-state index in [-0.39, 0.29) is 37.2 Å². The maximum Gasteiger partial charge on any atom is 0.407 e. The van der Waals surface area contributed by atoms with Crippen LogP contribution in [-0.2, 0) is 16.1 Å². The zero-order valence-corrected chi connectivity index (χ0v) is 20.1. The molecule has 1 aromatic heterocycles. The van der Waals surface area contributed by atoms with E-state index < -0.39 is 12.1 Å². The SMILES string of the molecule is C/C(=C\CNC(=O)OCC1c2ccccc2-c2ccccc21)C(=O)NCc1nc(C(=O)O)c(C)s1. The van der Waals surface area contributed by atoms with Crippen molar-refractivity contribution in [3.05, 3.63) is 86.9 Å². The molecule has 9 heteroatoms. The van der Waals surface area contributed by atoms with Gasteiger partial charge >= 0.3 is 12.1 Å². The monoisotopic (exact) mass is 491 g/mol. The van der Waals surface area contributed by atoms with E-state index in [9.17, 15) is 14.4 Å². The van der Waals surface area contributed by atoms with Crippen LogP contribution >= 0.6 is 11.3 Å². The Morgan fingerprint density at radius 3 is 2.29 bits per heavy atom. The number of carbonyl (C=O) groups excluding carboxylic acids is 2. The maximum atomic E-state index is 12.3. The van der Waals surface area contributed by atoms with Crippen LogP contribution in [0.15, 0.2) is 60.2 Å². The molecule has 1 aliphatic rings. The van der Waals surface area contributed by atoms with Crippen LogP contribution in [0.1, 0.15) is 44.3 Å². The molecule has 2 aromatic carbocycles. The van der Waals surface area contributed by atoms with Crippen LogP contribution in [0.5, 0.6) is 0 Å². The fourth-order valence-corrected chi connectivity index (χ4v) is 4.91. The third kappa shape index (κ3) is 5.41. The molecule has 0 saturated heterocycles. The number of carboxylic acid groups (broad SMARTS) is 1. The van der Waals surface area contributed by atoms with E-state index >= 15 is 0 Å². The van der Waals surface area contributed by atoms with Crippen molar-refractivity contribution in [3.8, 4) is 11.1 Å². The fourth-order valence-electron chi connectivity index (χ4n) is 4.05. The van der Waals surface area contributed by atoms with Gasteiger partial charge in [0.2, 0.25) is 5.91 Å². The van der Waals surface area contributed by atoms with Gasteiger partial charge in [-0.2, -0.15) is 0 Å². The highest BCUT2D eigenvalue weighted by Crippen LogP contribution is 2.44. The number of rotatable bonds is 8. The smallest absolute Gasteiger partial charge is 0.407 e. The zero-order chi connectivity index (χ0) is 24.9. The first-order chi connectivity index (χ1) is 16.8. The Morgan fingerprint density at radius 1 is 1.06 bits per heavy atom. The van der Waals surface area contributed by atoms with Gasteiger partial charge in [-0.15, -0.1) is 11.3 Å². The third-order valence-electron chi connectivity index (χ3n) is 5.80. The van der Waals surface area contributed by atoms with Crippen molar-refractivity contribution in [2.24, 2.45) is 0 Å². The summed E-state index contributed by atoms with van der Waals surface area (Å²) in [6, 6.07) is 16.2. The summed E-state index contributed by atoms with van der Waals surface area (Å²) < 4.78 is 5.49. The van der Waals surface area contributed by atoms with Crippen LogP contribution in [0.3, 0.4) is 0 Å². The number of alkyl carbamates (subject to hydrolysis) is 1. The molecule has 1 heterocycles. The molecule has 0 radical (unpaired) electrons. The number of thiazole rings is 1. The average Bonchev–Trinajstić information content (AvgIpc) is 3.38. The molecular formula is C26H25N3O5S. The van der Waals surface area contributed by atoms with Crippen LogP contribution < -0.4 is 10.6 Å². The van der Waals surface area contributed by atoms with Crippen LogP contribution in [0.2, 0.25) is 0 Å². The summed E-state index contributed by atoms with van der Waals surface area (Å²) in [5, 5.41) is 14.9. The van der Waals surface area contributed by atoms with Crippen molar-refractivity contribution in [1.29, 1.82) is 0 Å². The second-order valence-corrected chi connectivity index (χ2v) is 9.38. The maximum absolute atomic E-state index is 12.3. The van der Waals surface area contributed by atoms with Gasteiger partial charge in [-0.25, -0.2) is 14.6 Å². The number of benzene rings is 2. The van der Waals surface area contributed by atoms with E-state index in [1.807, 2.05) is 24.3 Å². The molecule has 1 aliphatic carbocycles. The molecule has 8 nitrogen and oxygen atoms in total. The number of nitrogens with zero attached hydrogens (tertiary/aromatic N) is 1. The Hall–Kier alpha value is -3.98. The molecule has 3 aromatic rings. The molecule has 0 spiro atoms. The van der Waals surface area contributed by atoms with Crippen LogP contribution in [0.25, 0.3) is 11.1 Å². The summed E-state index contributed by atoms with van der Waals surface area (Å²) >= 11 is 1.23. The lowest BCUT2D eigenvalue weighted by molar-refractivity contribution is -0.117. The summed E-state index contributed by atoms with van der Waals surface area (Å²) in [7, 11) is 0. The molecule has 0 saturated carbocycles. The lowest BCUT2D eigenvalue weighted by Crippen LogP contribution is -2.28. The standard InChI is InChI=1S/C26H25N3O5S/c1-15(24(30)28-13-22-29-23(25(31)32)16(2)35-22)11-12-27-26(33)34-14-21-19-9-5-3-7-17(19)18-8-4-6-10-20(18)21/h3-11,21H,12-14H2,1-2H3,(H,27,33)(H,28,30)(H,31,32)/b15-11+. The predicted octanol–water partition coefficient (Wildman–Crippen LogP) is 4.25. The van der Waals surface area contributed by atoms with Gasteiger partial charge in [-0.1, -0.05) is 54.6 Å². The Kier molecular flexibility index (Phi) is 7.26. The number of nitrogens with one attached hydrogen (secondary N) is 2. The van der Waals surface area contributed by atoms with E-state index in [1.54, 1.807) is 19.9 Å². The molecule has 0 unspecified atom stereocenters. The Labute approximate surface area is 206 Å². The number of aromatic carboxylic acids is 1. The van der Waals surface area contributed by atoms with Crippen molar-refractivity contribution in [1.82, 2.24) is 15.6 Å². The molecule has 2 amide bonds. The molecule has 0 aliphatic heterocycles. The number of fused-ring (bicyclic) bond motifs is 3. The van der Waals surface area contributed by atoms with Crippen molar-refractivity contribution in [2.45, 2.75) is 26.3 Å². The molecule has 35 heavy (non-hydrogen) atoms. The van der Waals surface area contributed by atoms with Gasteiger partial charge in [0, 0.05) is 22.9 Å². The molecular weight excluding hydrogens is 466 g/mol. The van der Waals surface area contributed by atoms with Gasteiger partial charge in [0.15, 0.2) is 5.69 Å². The van der Waals surface area contributed by atoms with E-state index in [1.165, 1.54) is 11.3 Å². The first kappa shape index (κ1) is 24.2. The van der Waals surface area contributed by atoms with E-state index in [2.05, 4.69) is 39.9 Å². The van der Waals surface area contributed by atoms with Gasteiger partial charge in [0.05, 0.1) is 6.54 Å². The zero-order valence-electron chi connectivity index (χ0n) is 19.3. The highest BCUT2D eigenvalue weighted by molar-refractivity contribution is 7.11. The van der Waals surface area contributed by atoms with Crippen LogP contribution in [-0.4, -0.2) is 41.2 Å². The minimum atomic E-state index is -1.09. The first-order valence-electron chi connectivity index (χ1n) is 11.1. The Bertz CT molecular complexity index is 1270. The highest BCUT2D eigenvalue weighted by atomic mass is 32.1. The summed E-state index contributed by atoms with van der Waals surface area (Å²) in [6.45, 7) is 3.78. The van der Waals surface area contributed by atoms with Gasteiger partial charge in [-0.05, 0) is 36.1 Å². The molecule has 0 bridgehead atoms. The summed E-state index contributed by atoms with van der Waals surface area (Å²) in [4.78, 5) is 40.2. The van der Waals surface area contributed by atoms with Crippen molar-refractivity contribution < 1.29 is 24.2 Å². The van der Waals surface area contributed by atoms with Gasteiger partial charge in [-0.3, -0.25) is 4.79 Å². The Balaban J connectivity index is 1.25. The largest absolute Gasteiger partial charge is 0.476 e. The number of amides is 2. The van der Waals surface area contributed by atoms with Crippen molar-refractivity contribution in [2.75, 3.05) is 13.2 Å². The summed E-state index contributed by atoms with van der Waals surface area (Å²) in [5.41, 5.74) is 5.01. The topological polar surface area (TPSA) is 118 Å². The number of hydrogen-bond donors (Lipinski definition) is 3.